The number of hydrogen-bond acceptors (Lipinski definition) is 6. The Hall–Kier alpha value is -4.14. The maximum atomic E-state index is 13.8. The maximum absolute atomic E-state index is 13.8. The molecule has 0 saturated heterocycles. The largest absolute Gasteiger partial charge is 0.487 e. The summed E-state index contributed by atoms with van der Waals surface area (Å²) in [4.78, 5) is 4.24. The molecule has 194 valence electrons. The van der Waals surface area contributed by atoms with Crippen LogP contribution in [-0.4, -0.2) is 36.3 Å². The molecule has 8 nitrogen and oxygen atoms in total. The third kappa shape index (κ3) is 6.75. The molecule has 0 bridgehead atoms. The van der Waals surface area contributed by atoms with Crippen LogP contribution < -0.4 is 10.5 Å². The molecule has 1 atom stereocenters. The third-order valence-corrected chi connectivity index (χ3v) is 5.68. The Kier molecular flexibility index (Phi) is 7.61. The van der Waals surface area contributed by atoms with Gasteiger partial charge in [0.25, 0.3) is 0 Å². The van der Waals surface area contributed by atoms with E-state index in [1.807, 2.05) is 0 Å². The SMILES string of the molecule is C#C/C=C\C(F)=C/CC(C)Oc1cc(-c2c(Cc3cc(C(F)(F)F)n[nH]3)nnn2CC2CC2)cnc1N. The second-order valence-corrected chi connectivity index (χ2v) is 8.82. The molecule has 3 heterocycles. The Labute approximate surface area is 210 Å². The zero-order valence-electron chi connectivity index (χ0n) is 20.0. The summed E-state index contributed by atoms with van der Waals surface area (Å²) < 4.78 is 60.4. The first-order valence-electron chi connectivity index (χ1n) is 11.6. The van der Waals surface area contributed by atoms with Gasteiger partial charge < -0.3 is 10.5 Å². The van der Waals surface area contributed by atoms with Crippen molar-refractivity contribution >= 4 is 5.82 Å². The minimum Gasteiger partial charge on any atom is -0.487 e. The van der Waals surface area contributed by atoms with Gasteiger partial charge in [0.15, 0.2) is 17.3 Å². The van der Waals surface area contributed by atoms with Crippen LogP contribution in [0, 0.1) is 18.3 Å². The number of nitrogens with zero attached hydrogens (tertiary/aromatic N) is 5. The number of nitrogens with two attached hydrogens (primary N) is 1. The van der Waals surface area contributed by atoms with E-state index in [1.54, 1.807) is 17.7 Å². The van der Waals surface area contributed by atoms with E-state index in [0.29, 0.717) is 29.4 Å². The fraction of sp³-hybridized carbons (Fsp3) is 0.360. The highest BCUT2D eigenvalue weighted by atomic mass is 19.4. The van der Waals surface area contributed by atoms with Gasteiger partial charge in [-0.15, -0.1) is 11.5 Å². The lowest BCUT2D eigenvalue weighted by Gasteiger charge is -2.16. The molecule has 1 aliphatic carbocycles. The van der Waals surface area contributed by atoms with Crippen LogP contribution in [0.2, 0.25) is 0 Å². The molecular formula is C25H25F4N7O. The Morgan fingerprint density at radius 1 is 1.38 bits per heavy atom. The average molecular weight is 516 g/mol. The molecule has 37 heavy (non-hydrogen) atoms. The fourth-order valence-electron chi connectivity index (χ4n) is 3.65. The van der Waals surface area contributed by atoms with Gasteiger partial charge in [-0.2, -0.15) is 18.3 Å². The predicted octanol–water partition coefficient (Wildman–Crippen LogP) is 4.87. The van der Waals surface area contributed by atoms with Crippen LogP contribution >= 0.6 is 0 Å². The number of aromatic amines is 1. The van der Waals surface area contributed by atoms with Crippen molar-refractivity contribution in [3.8, 4) is 29.4 Å². The van der Waals surface area contributed by atoms with Gasteiger partial charge in [-0.05, 0) is 56.0 Å². The number of alkyl halides is 3. The predicted molar refractivity (Wildman–Crippen MR) is 129 cm³/mol. The molecule has 0 aromatic carbocycles. The second kappa shape index (κ2) is 10.9. The Bertz CT molecular complexity index is 1350. The summed E-state index contributed by atoms with van der Waals surface area (Å²) in [5, 5.41) is 14.3. The molecule has 12 heteroatoms. The van der Waals surface area contributed by atoms with Crippen molar-refractivity contribution in [2.75, 3.05) is 5.73 Å². The van der Waals surface area contributed by atoms with E-state index in [1.165, 1.54) is 24.4 Å². The van der Waals surface area contributed by atoms with Gasteiger partial charge in [0.1, 0.15) is 5.83 Å². The highest BCUT2D eigenvalue weighted by Gasteiger charge is 2.34. The first-order chi connectivity index (χ1) is 17.6. The van der Waals surface area contributed by atoms with Crippen LogP contribution in [0.4, 0.5) is 23.4 Å². The Morgan fingerprint density at radius 3 is 2.84 bits per heavy atom. The molecule has 0 radical (unpaired) electrons. The van der Waals surface area contributed by atoms with Gasteiger partial charge in [0, 0.05) is 36.8 Å². The van der Waals surface area contributed by atoms with Crippen molar-refractivity contribution in [2.45, 2.75) is 51.4 Å². The number of ether oxygens (including phenoxy) is 1. The number of H-pyrrole nitrogens is 1. The molecule has 0 aliphatic heterocycles. The van der Waals surface area contributed by atoms with Crippen LogP contribution in [0.5, 0.6) is 5.75 Å². The Balaban J connectivity index is 1.60. The van der Waals surface area contributed by atoms with Crippen molar-refractivity contribution in [3.05, 3.63) is 59.5 Å². The minimum absolute atomic E-state index is 0.0509. The zero-order valence-corrected chi connectivity index (χ0v) is 20.0. The summed E-state index contributed by atoms with van der Waals surface area (Å²) in [6.07, 6.45) is 7.83. The van der Waals surface area contributed by atoms with E-state index < -0.39 is 23.8 Å². The van der Waals surface area contributed by atoms with Crippen LogP contribution in [0.3, 0.4) is 0 Å². The van der Waals surface area contributed by atoms with Crippen molar-refractivity contribution < 1.29 is 22.3 Å². The molecule has 0 amide bonds. The first kappa shape index (κ1) is 25.9. The molecule has 1 saturated carbocycles. The number of rotatable bonds is 10. The molecule has 1 unspecified atom stereocenters. The van der Waals surface area contributed by atoms with E-state index in [4.69, 9.17) is 16.9 Å². The van der Waals surface area contributed by atoms with Crippen LogP contribution in [0.25, 0.3) is 11.3 Å². The summed E-state index contributed by atoms with van der Waals surface area (Å²) in [7, 11) is 0. The highest BCUT2D eigenvalue weighted by molar-refractivity contribution is 5.66. The van der Waals surface area contributed by atoms with Crippen molar-refractivity contribution in [2.24, 2.45) is 5.92 Å². The smallest absolute Gasteiger partial charge is 0.435 e. The summed E-state index contributed by atoms with van der Waals surface area (Å²) in [6, 6.07) is 2.63. The minimum atomic E-state index is -4.55. The van der Waals surface area contributed by atoms with Crippen LogP contribution in [-0.2, 0) is 19.1 Å². The summed E-state index contributed by atoms with van der Waals surface area (Å²) in [5.41, 5.74) is 6.91. The maximum Gasteiger partial charge on any atom is 0.435 e. The quantitative estimate of drug-likeness (QED) is 0.227. The molecule has 3 aromatic heterocycles. The van der Waals surface area contributed by atoms with Crippen molar-refractivity contribution in [3.63, 3.8) is 0 Å². The van der Waals surface area contributed by atoms with Crippen LogP contribution in [0.15, 0.2) is 42.4 Å². The molecule has 4 rings (SSSR count). The molecule has 1 fully saturated rings. The number of pyridine rings is 1. The van der Waals surface area contributed by atoms with E-state index in [2.05, 4.69) is 31.4 Å². The molecule has 3 N–H and O–H groups in total. The topological polar surface area (TPSA) is 108 Å². The summed E-state index contributed by atoms with van der Waals surface area (Å²) in [5.74, 6) is 2.61. The third-order valence-electron chi connectivity index (χ3n) is 5.68. The first-order valence-corrected chi connectivity index (χ1v) is 11.6. The Morgan fingerprint density at radius 2 is 2.16 bits per heavy atom. The number of anilines is 1. The lowest BCUT2D eigenvalue weighted by Crippen LogP contribution is -2.13. The number of aromatic nitrogens is 6. The summed E-state index contributed by atoms with van der Waals surface area (Å²) >= 11 is 0. The normalized spacial score (nSPS) is 15.2. The molecular weight excluding hydrogens is 490 g/mol. The summed E-state index contributed by atoms with van der Waals surface area (Å²) in [6.45, 7) is 2.37. The molecule has 3 aromatic rings. The zero-order chi connectivity index (χ0) is 26.6. The number of halogens is 4. The number of terminal acetylenes is 1. The monoisotopic (exact) mass is 515 g/mol. The van der Waals surface area contributed by atoms with Crippen molar-refractivity contribution in [1.82, 2.24) is 30.2 Å². The fourth-order valence-corrected chi connectivity index (χ4v) is 3.65. The van der Waals surface area contributed by atoms with Gasteiger partial charge >= 0.3 is 6.18 Å². The van der Waals surface area contributed by atoms with E-state index in [-0.39, 0.29) is 30.1 Å². The standard InChI is InChI=1S/C25H25F4N7O/c1-3-4-5-18(26)9-6-15(2)37-21-10-17(13-31-24(21)30)23-20(33-35-36(23)14-16-7-8-16)11-19-12-22(34-32-19)25(27,28)29/h1,4-5,9-10,12-13,15-16H,6-8,11,14H2,2H3,(H2,30,31)(H,32,34)/b5-4-,18-9+. The molecule has 1 aliphatic rings. The average Bonchev–Trinajstić information content (AvgIpc) is 3.38. The van der Waals surface area contributed by atoms with Gasteiger partial charge in [0.05, 0.1) is 17.5 Å². The second-order valence-electron chi connectivity index (χ2n) is 8.82. The van der Waals surface area contributed by atoms with E-state index in [9.17, 15) is 17.6 Å². The number of nitrogen functional groups attached to an aromatic ring is 1. The lowest BCUT2D eigenvalue weighted by molar-refractivity contribution is -0.141. The lowest BCUT2D eigenvalue weighted by atomic mass is 10.1. The molecule has 0 spiro atoms. The van der Waals surface area contributed by atoms with Gasteiger partial charge in [-0.1, -0.05) is 11.1 Å². The van der Waals surface area contributed by atoms with E-state index in [0.717, 1.165) is 18.9 Å². The number of hydrogen-bond donors (Lipinski definition) is 2. The van der Waals surface area contributed by atoms with Crippen LogP contribution in [0.1, 0.15) is 43.3 Å². The van der Waals surface area contributed by atoms with Gasteiger partial charge in [-0.3, -0.25) is 5.10 Å². The van der Waals surface area contributed by atoms with E-state index >= 15 is 0 Å². The van der Waals surface area contributed by atoms with Gasteiger partial charge in [0.2, 0.25) is 0 Å². The highest BCUT2D eigenvalue weighted by Crippen LogP contribution is 2.35. The number of nitrogens with one attached hydrogen (secondary N) is 1. The van der Waals surface area contributed by atoms with Crippen molar-refractivity contribution in [1.29, 1.82) is 0 Å². The number of allylic oxidation sites excluding steroid dienone is 3. The van der Waals surface area contributed by atoms with Gasteiger partial charge in [-0.25, -0.2) is 14.1 Å².